The summed E-state index contributed by atoms with van der Waals surface area (Å²) < 4.78 is 2.13. The first kappa shape index (κ1) is 25.8. The number of amides is 1. The summed E-state index contributed by atoms with van der Waals surface area (Å²) in [6.45, 7) is 9.22. The second kappa shape index (κ2) is 11.6. The number of hydrogen-bond acceptors (Lipinski definition) is 4. The maximum atomic E-state index is 13.7. The van der Waals surface area contributed by atoms with Gasteiger partial charge in [-0.3, -0.25) is 14.2 Å². The van der Waals surface area contributed by atoms with E-state index in [4.69, 9.17) is 10.7 Å². The molecule has 3 aromatic rings. The lowest BCUT2D eigenvalue weighted by Gasteiger charge is -2.35. The summed E-state index contributed by atoms with van der Waals surface area (Å²) in [6, 6.07) is 17.0. The Kier molecular flexibility index (Phi) is 8.80. The van der Waals surface area contributed by atoms with Crippen LogP contribution in [0.1, 0.15) is 59.3 Å². The average Bonchev–Trinajstić information content (AvgIpc) is 2.82. The van der Waals surface area contributed by atoms with Crippen molar-refractivity contribution in [3.63, 3.8) is 0 Å². The zero-order chi connectivity index (χ0) is 24.8. The molecular weight excluding hydrogens is 492 g/mol. The van der Waals surface area contributed by atoms with Crippen molar-refractivity contribution in [1.82, 2.24) is 14.5 Å². The van der Waals surface area contributed by atoms with Crippen LogP contribution in [0.5, 0.6) is 0 Å². The molecule has 0 aliphatic heterocycles. The lowest BCUT2D eigenvalue weighted by Crippen LogP contribution is -2.42. The Hall–Kier alpha value is -2.77. The standard InChI is InChI=1S/C27H33BrN4O2/c1-18(2)24(31(16-8-15-29)26(33)22-13-11-19(3)12-14-22)25-30-20(4)23(28)27(34)32(25)17-21-9-6-5-7-10-21/h5-7,9-14,18,24H,8,15-17,29H2,1-4H3/t24-/m1/s1. The Morgan fingerprint density at radius 1 is 1.09 bits per heavy atom. The number of aryl methyl sites for hydroxylation is 2. The molecule has 0 aliphatic rings. The lowest BCUT2D eigenvalue weighted by atomic mass is 9.98. The summed E-state index contributed by atoms with van der Waals surface area (Å²) in [7, 11) is 0. The molecule has 0 saturated carbocycles. The van der Waals surface area contributed by atoms with Crippen LogP contribution in [0.4, 0.5) is 0 Å². The zero-order valence-electron chi connectivity index (χ0n) is 20.3. The van der Waals surface area contributed by atoms with Gasteiger partial charge in [0.25, 0.3) is 11.5 Å². The highest BCUT2D eigenvalue weighted by atomic mass is 79.9. The quantitative estimate of drug-likeness (QED) is 0.433. The number of carbonyl (C=O) groups is 1. The number of aromatic nitrogens is 2. The third-order valence-corrected chi connectivity index (χ3v) is 6.80. The number of halogens is 1. The van der Waals surface area contributed by atoms with Crippen LogP contribution in [-0.2, 0) is 6.54 Å². The van der Waals surface area contributed by atoms with Gasteiger partial charge in [0.15, 0.2) is 0 Å². The van der Waals surface area contributed by atoms with Crippen LogP contribution in [0, 0.1) is 19.8 Å². The van der Waals surface area contributed by atoms with Gasteiger partial charge >= 0.3 is 0 Å². The molecule has 2 N–H and O–H groups in total. The van der Waals surface area contributed by atoms with Gasteiger partial charge < -0.3 is 10.6 Å². The van der Waals surface area contributed by atoms with E-state index in [0.717, 1.165) is 11.1 Å². The average molecular weight is 525 g/mol. The summed E-state index contributed by atoms with van der Waals surface area (Å²) in [4.78, 5) is 33.9. The minimum atomic E-state index is -0.399. The fourth-order valence-corrected chi connectivity index (χ4v) is 4.39. The minimum absolute atomic E-state index is 0.0154. The van der Waals surface area contributed by atoms with E-state index in [1.54, 1.807) is 4.57 Å². The van der Waals surface area contributed by atoms with Gasteiger partial charge in [-0.25, -0.2) is 4.98 Å². The molecule has 6 nitrogen and oxygen atoms in total. The third kappa shape index (κ3) is 5.83. The van der Waals surface area contributed by atoms with Crippen molar-refractivity contribution >= 4 is 21.8 Å². The summed E-state index contributed by atoms with van der Waals surface area (Å²) in [6.07, 6.45) is 0.652. The Morgan fingerprint density at radius 2 is 1.74 bits per heavy atom. The van der Waals surface area contributed by atoms with E-state index in [0.29, 0.717) is 47.6 Å². The number of benzene rings is 2. The number of carbonyl (C=O) groups excluding carboxylic acids is 1. The first-order valence-corrected chi connectivity index (χ1v) is 12.4. The van der Waals surface area contributed by atoms with Crippen molar-refractivity contribution in [3.05, 3.63) is 97.6 Å². The topological polar surface area (TPSA) is 81.2 Å². The zero-order valence-corrected chi connectivity index (χ0v) is 21.9. The van der Waals surface area contributed by atoms with E-state index in [1.165, 1.54) is 0 Å². The fraction of sp³-hybridized carbons (Fsp3) is 0.370. The SMILES string of the molecule is Cc1ccc(C(=O)N(CCCN)[C@@H](c2nc(C)c(Br)c(=O)n2Cc2ccccc2)C(C)C)cc1. The first-order valence-electron chi connectivity index (χ1n) is 11.6. The lowest BCUT2D eigenvalue weighted by molar-refractivity contribution is 0.0601. The second-order valence-corrected chi connectivity index (χ2v) is 9.73. The van der Waals surface area contributed by atoms with Gasteiger partial charge in [0.05, 0.1) is 18.3 Å². The van der Waals surface area contributed by atoms with Crippen LogP contribution < -0.4 is 11.3 Å². The molecule has 0 saturated heterocycles. The van der Waals surface area contributed by atoms with Crippen LogP contribution >= 0.6 is 15.9 Å². The number of rotatable bonds is 9. The molecule has 1 aromatic heterocycles. The van der Waals surface area contributed by atoms with Gasteiger partial charge in [-0.2, -0.15) is 0 Å². The van der Waals surface area contributed by atoms with Gasteiger partial charge in [0.1, 0.15) is 10.3 Å². The monoisotopic (exact) mass is 524 g/mol. The molecule has 1 atom stereocenters. The van der Waals surface area contributed by atoms with Crippen molar-refractivity contribution in [2.24, 2.45) is 11.7 Å². The van der Waals surface area contributed by atoms with E-state index in [9.17, 15) is 9.59 Å². The molecule has 34 heavy (non-hydrogen) atoms. The molecule has 0 aliphatic carbocycles. The predicted molar refractivity (Wildman–Crippen MR) is 140 cm³/mol. The van der Waals surface area contributed by atoms with Crippen LogP contribution in [0.2, 0.25) is 0 Å². The number of nitrogens with zero attached hydrogens (tertiary/aromatic N) is 3. The van der Waals surface area contributed by atoms with E-state index in [2.05, 4.69) is 29.8 Å². The Bertz CT molecular complexity index is 1170. The molecule has 0 radical (unpaired) electrons. The summed E-state index contributed by atoms with van der Waals surface area (Å²) in [5.74, 6) is 0.511. The van der Waals surface area contributed by atoms with Gasteiger partial charge in [-0.15, -0.1) is 0 Å². The molecule has 1 heterocycles. The second-order valence-electron chi connectivity index (χ2n) is 8.94. The Morgan fingerprint density at radius 3 is 2.32 bits per heavy atom. The van der Waals surface area contributed by atoms with Crippen molar-refractivity contribution in [2.45, 2.75) is 46.7 Å². The summed E-state index contributed by atoms with van der Waals surface area (Å²) in [5.41, 5.74) is 8.98. The third-order valence-electron chi connectivity index (χ3n) is 5.89. The van der Waals surface area contributed by atoms with Gasteiger partial charge in [0, 0.05) is 12.1 Å². The van der Waals surface area contributed by atoms with E-state index < -0.39 is 6.04 Å². The largest absolute Gasteiger partial charge is 0.330 e. The molecule has 0 bridgehead atoms. The van der Waals surface area contributed by atoms with Crippen molar-refractivity contribution in [3.8, 4) is 0 Å². The van der Waals surface area contributed by atoms with Crippen LogP contribution in [0.3, 0.4) is 0 Å². The molecule has 0 fully saturated rings. The Balaban J connectivity index is 2.17. The smallest absolute Gasteiger partial charge is 0.268 e. The van der Waals surface area contributed by atoms with E-state index >= 15 is 0 Å². The first-order chi connectivity index (χ1) is 16.2. The fourth-order valence-electron chi connectivity index (χ4n) is 4.09. The highest BCUT2D eigenvalue weighted by Crippen LogP contribution is 2.30. The van der Waals surface area contributed by atoms with E-state index in [1.807, 2.05) is 73.3 Å². The molecule has 3 rings (SSSR count). The molecule has 2 aromatic carbocycles. The number of nitrogens with two attached hydrogens (primary N) is 1. The van der Waals surface area contributed by atoms with Crippen molar-refractivity contribution < 1.29 is 4.79 Å². The Labute approximate surface area is 209 Å². The normalized spacial score (nSPS) is 12.1. The molecule has 180 valence electrons. The molecular formula is C27H33BrN4O2. The molecule has 7 heteroatoms. The highest BCUT2D eigenvalue weighted by Gasteiger charge is 2.32. The van der Waals surface area contributed by atoms with Gasteiger partial charge in [0.2, 0.25) is 0 Å². The molecule has 0 spiro atoms. The van der Waals surface area contributed by atoms with Crippen LogP contribution in [0.25, 0.3) is 0 Å². The van der Waals surface area contributed by atoms with Crippen molar-refractivity contribution in [2.75, 3.05) is 13.1 Å². The maximum Gasteiger partial charge on any atom is 0.268 e. The summed E-state index contributed by atoms with van der Waals surface area (Å²) >= 11 is 3.42. The minimum Gasteiger partial charge on any atom is -0.330 e. The van der Waals surface area contributed by atoms with E-state index in [-0.39, 0.29) is 17.4 Å². The molecule has 1 amide bonds. The number of hydrogen-bond donors (Lipinski definition) is 1. The van der Waals surface area contributed by atoms with Gasteiger partial charge in [-0.05, 0) is 66.4 Å². The predicted octanol–water partition coefficient (Wildman–Crippen LogP) is 4.86. The van der Waals surface area contributed by atoms with Crippen LogP contribution in [0.15, 0.2) is 63.9 Å². The maximum absolute atomic E-state index is 13.7. The molecule has 0 unspecified atom stereocenters. The van der Waals surface area contributed by atoms with Gasteiger partial charge in [-0.1, -0.05) is 61.9 Å². The highest BCUT2D eigenvalue weighted by molar-refractivity contribution is 9.10. The van der Waals surface area contributed by atoms with Crippen LogP contribution in [-0.4, -0.2) is 33.4 Å². The summed E-state index contributed by atoms with van der Waals surface area (Å²) in [5, 5.41) is 0. The van der Waals surface area contributed by atoms with Crippen molar-refractivity contribution in [1.29, 1.82) is 0 Å².